The molecule has 2 aromatic rings. The number of carbonyl (C=O) groups is 2. The summed E-state index contributed by atoms with van der Waals surface area (Å²) in [5.74, 6) is -7.58. The Balaban J connectivity index is 2.23. The molecule has 7 heteroatoms. The summed E-state index contributed by atoms with van der Waals surface area (Å²) in [5, 5.41) is 10.9. The summed E-state index contributed by atoms with van der Waals surface area (Å²) < 4.78 is 39.1. The van der Waals surface area contributed by atoms with E-state index >= 15 is 0 Å². The van der Waals surface area contributed by atoms with E-state index in [4.69, 9.17) is 9.47 Å². The molecule has 29 heavy (non-hydrogen) atoms. The predicted octanol–water partition coefficient (Wildman–Crippen LogP) is 3.93. The molecule has 0 aliphatic carbocycles. The normalized spacial score (nSPS) is 12.9. The van der Waals surface area contributed by atoms with Crippen LogP contribution in [0.5, 0.6) is 5.75 Å². The minimum atomic E-state index is -4.40. The molecule has 1 unspecified atom stereocenters. The molecule has 0 fully saturated rings. The Morgan fingerprint density at radius 3 is 2.03 bits per heavy atom. The largest absolute Gasteiger partial charge is 0.544 e. The molecule has 2 aromatic carbocycles. The maximum Gasteiger partial charge on any atom is 0.338 e. The Morgan fingerprint density at radius 2 is 1.55 bits per heavy atom. The fraction of sp³-hybridized carbons (Fsp3) is 0.364. The number of ether oxygens (including phenoxy) is 2. The zero-order chi connectivity index (χ0) is 21.7. The highest BCUT2D eigenvalue weighted by molar-refractivity contribution is 5.90. The first-order valence-electron chi connectivity index (χ1n) is 9.27. The Hall–Kier alpha value is -2.96. The Bertz CT molecular complexity index is 830. The average Bonchev–Trinajstić information content (AvgIpc) is 2.72. The molecular weight excluding hydrogens is 382 g/mol. The number of benzene rings is 2. The van der Waals surface area contributed by atoms with E-state index in [1.54, 1.807) is 6.07 Å². The SMILES string of the molecule is CCC(C)(CC)Oc1ccc(C(=O)OC(c2ccccc2)C(F)(F)C(=O)[O-])cc1. The zero-order valence-electron chi connectivity index (χ0n) is 16.5. The van der Waals surface area contributed by atoms with E-state index < -0.39 is 24.0 Å². The average molecular weight is 405 g/mol. The van der Waals surface area contributed by atoms with Gasteiger partial charge >= 0.3 is 11.9 Å². The van der Waals surface area contributed by atoms with E-state index in [9.17, 15) is 23.5 Å². The first-order chi connectivity index (χ1) is 13.6. The monoisotopic (exact) mass is 405 g/mol. The third kappa shape index (κ3) is 5.31. The van der Waals surface area contributed by atoms with Gasteiger partial charge < -0.3 is 19.4 Å². The Morgan fingerprint density at radius 1 is 1.00 bits per heavy atom. The fourth-order valence-electron chi connectivity index (χ4n) is 2.60. The summed E-state index contributed by atoms with van der Waals surface area (Å²) in [6, 6.07) is 12.8. The maximum atomic E-state index is 14.1. The van der Waals surface area contributed by atoms with Gasteiger partial charge in [0, 0.05) is 0 Å². The van der Waals surface area contributed by atoms with Crippen LogP contribution in [0.15, 0.2) is 54.6 Å². The van der Waals surface area contributed by atoms with Crippen LogP contribution in [0, 0.1) is 0 Å². The lowest BCUT2D eigenvalue weighted by molar-refractivity contribution is -0.336. The molecule has 5 nitrogen and oxygen atoms in total. The van der Waals surface area contributed by atoms with Gasteiger partial charge in [-0.2, -0.15) is 8.78 Å². The van der Waals surface area contributed by atoms with Crippen molar-refractivity contribution in [2.45, 2.75) is 51.2 Å². The highest BCUT2D eigenvalue weighted by atomic mass is 19.3. The standard InChI is InChI=1S/C22H24F2O5/c1-4-21(3,5-2)29-17-13-11-16(12-14-17)19(25)28-18(22(23,24)20(26)27)15-9-7-6-8-10-15/h6-14,18H,4-5H2,1-3H3,(H,26,27)/p-1. The van der Waals surface area contributed by atoms with E-state index in [0.717, 1.165) is 12.8 Å². The second-order valence-corrected chi connectivity index (χ2v) is 6.89. The lowest BCUT2D eigenvalue weighted by Crippen LogP contribution is -2.47. The highest BCUT2D eigenvalue weighted by Crippen LogP contribution is 2.35. The van der Waals surface area contributed by atoms with Gasteiger partial charge in [-0.1, -0.05) is 44.2 Å². The molecule has 0 saturated heterocycles. The number of carboxylic acid groups (broad SMARTS) is 1. The van der Waals surface area contributed by atoms with Crippen LogP contribution in [0.4, 0.5) is 8.78 Å². The van der Waals surface area contributed by atoms with Crippen LogP contribution in [0.2, 0.25) is 0 Å². The van der Waals surface area contributed by atoms with Crippen molar-refractivity contribution in [1.29, 1.82) is 0 Å². The van der Waals surface area contributed by atoms with Crippen LogP contribution in [0.25, 0.3) is 0 Å². The number of rotatable bonds is 9. The number of hydrogen-bond donors (Lipinski definition) is 0. The quantitative estimate of drug-likeness (QED) is 0.591. The number of aliphatic carboxylic acids is 1. The summed E-state index contributed by atoms with van der Waals surface area (Å²) in [4.78, 5) is 23.3. The molecule has 0 saturated carbocycles. The summed E-state index contributed by atoms with van der Waals surface area (Å²) in [6.07, 6.45) is -0.755. The van der Waals surface area contributed by atoms with E-state index in [0.29, 0.717) is 5.75 Å². The van der Waals surface area contributed by atoms with Gasteiger partial charge in [0.2, 0.25) is 0 Å². The van der Waals surface area contributed by atoms with Gasteiger partial charge in [-0.05, 0) is 49.6 Å². The summed E-state index contributed by atoms with van der Waals surface area (Å²) in [5.41, 5.74) is -0.532. The molecule has 156 valence electrons. The van der Waals surface area contributed by atoms with E-state index in [1.165, 1.54) is 48.5 Å². The van der Waals surface area contributed by atoms with Gasteiger partial charge in [0.25, 0.3) is 0 Å². The molecule has 2 rings (SSSR count). The molecule has 0 aromatic heterocycles. The molecule has 0 amide bonds. The topological polar surface area (TPSA) is 75.7 Å². The van der Waals surface area contributed by atoms with Gasteiger partial charge in [-0.25, -0.2) is 4.79 Å². The van der Waals surface area contributed by atoms with Crippen molar-refractivity contribution in [3.05, 3.63) is 65.7 Å². The number of hydrogen-bond acceptors (Lipinski definition) is 5. The first-order valence-corrected chi connectivity index (χ1v) is 9.27. The van der Waals surface area contributed by atoms with Crippen molar-refractivity contribution in [2.75, 3.05) is 0 Å². The number of esters is 1. The van der Waals surface area contributed by atoms with Crippen LogP contribution in [0.1, 0.15) is 55.6 Å². The number of carboxylic acids is 1. The second-order valence-electron chi connectivity index (χ2n) is 6.89. The predicted molar refractivity (Wildman–Crippen MR) is 101 cm³/mol. The molecule has 0 aliphatic heterocycles. The highest BCUT2D eigenvalue weighted by Gasteiger charge is 2.45. The molecule has 0 N–H and O–H groups in total. The second kappa shape index (κ2) is 9.03. The van der Waals surface area contributed by atoms with Crippen molar-refractivity contribution in [2.24, 2.45) is 0 Å². The van der Waals surface area contributed by atoms with Crippen LogP contribution < -0.4 is 9.84 Å². The molecule has 0 bridgehead atoms. The maximum absolute atomic E-state index is 14.1. The van der Waals surface area contributed by atoms with Crippen molar-refractivity contribution in [1.82, 2.24) is 0 Å². The minimum Gasteiger partial charge on any atom is -0.544 e. The van der Waals surface area contributed by atoms with Gasteiger partial charge in [0.1, 0.15) is 17.3 Å². The lowest BCUT2D eigenvalue weighted by atomic mass is 10.00. The van der Waals surface area contributed by atoms with Crippen molar-refractivity contribution in [3.63, 3.8) is 0 Å². The minimum absolute atomic E-state index is 0.0119. The molecular formula is C22H23F2O5-. The van der Waals surface area contributed by atoms with Crippen LogP contribution >= 0.6 is 0 Å². The number of alkyl halides is 2. The number of carbonyl (C=O) groups excluding carboxylic acids is 2. The van der Waals surface area contributed by atoms with Crippen LogP contribution in [-0.4, -0.2) is 23.5 Å². The van der Waals surface area contributed by atoms with Crippen molar-refractivity contribution >= 4 is 11.9 Å². The smallest absolute Gasteiger partial charge is 0.338 e. The molecule has 1 atom stereocenters. The number of halogens is 2. The molecule has 0 heterocycles. The van der Waals surface area contributed by atoms with Gasteiger partial charge in [0.05, 0.1) is 5.56 Å². The van der Waals surface area contributed by atoms with E-state index in [2.05, 4.69) is 0 Å². The van der Waals surface area contributed by atoms with Gasteiger partial charge in [-0.15, -0.1) is 0 Å². The molecule has 0 spiro atoms. The summed E-state index contributed by atoms with van der Waals surface area (Å²) >= 11 is 0. The van der Waals surface area contributed by atoms with Crippen LogP contribution in [-0.2, 0) is 9.53 Å². The third-order valence-electron chi connectivity index (χ3n) is 4.88. The van der Waals surface area contributed by atoms with Crippen LogP contribution in [0.3, 0.4) is 0 Å². The Labute approximate surface area is 168 Å². The fourth-order valence-corrected chi connectivity index (χ4v) is 2.60. The molecule has 0 aliphatic rings. The van der Waals surface area contributed by atoms with Gasteiger partial charge in [0.15, 0.2) is 6.10 Å². The van der Waals surface area contributed by atoms with E-state index in [1.807, 2.05) is 20.8 Å². The van der Waals surface area contributed by atoms with Crippen molar-refractivity contribution in [3.8, 4) is 5.75 Å². The zero-order valence-corrected chi connectivity index (χ0v) is 16.5. The van der Waals surface area contributed by atoms with E-state index in [-0.39, 0.29) is 16.7 Å². The molecule has 0 radical (unpaired) electrons. The van der Waals surface area contributed by atoms with Crippen molar-refractivity contribution < 1.29 is 33.0 Å². The Kier molecular flexibility index (Phi) is 6.95. The third-order valence-corrected chi connectivity index (χ3v) is 4.88. The van der Waals surface area contributed by atoms with Gasteiger partial charge in [-0.3, -0.25) is 0 Å². The first kappa shape index (κ1) is 22.3. The summed E-state index contributed by atoms with van der Waals surface area (Å²) in [6.45, 7) is 5.95. The summed E-state index contributed by atoms with van der Waals surface area (Å²) in [7, 11) is 0. The lowest BCUT2D eigenvalue weighted by Gasteiger charge is -2.28.